The number of halogens is 1. The minimum atomic E-state index is 0.532. The van der Waals surface area contributed by atoms with Gasteiger partial charge >= 0.3 is 0 Å². The van der Waals surface area contributed by atoms with E-state index < -0.39 is 0 Å². The van der Waals surface area contributed by atoms with Gasteiger partial charge in [0.2, 0.25) is 5.95 Å². The number of rotatable bonds is 5. The molecule has 2 heterocycles. The molecule has 0 aliphatic carbocycles. The van der Waals surface area contributed by atoms with E-state index in [-0.39, 0.29) is 0 Å². The first-order valence-electron chi connectivity index (χ1n) is 8.14. The number of nitrogens with one attached hydrogen (secondary N) is 1. The van der Waals surface area contributed by atoms with Gasteiger partial charge in [-0.15, -0.1) is 0 Å². The molecule has 0 saturated carbocycles. The van der Waals surface area contributed by atoms with E-state index >= 15 is 0 Å². The van der Waals surface area contributed by atoms with E-state index in [1.54, 1.807) is 18.0 Å². The molecule has 5 nitrogen and oxygen atoms in total. The summed E-state index contributed by atoms with van der Waals surface area (Å²) in [6.45, 7) is 1.89. The molecule has 0 spiro atoms. The number of hydrogen-bond donors (Lipinski definition) is 1. The maximum atomic E-state index is 5.43. The molecule has 0 amide bonds. The maximum Gasteiger partial charge on any atom is 0.227 e. The third-order valence-electron chi connectivity index (χ3n) is 3.73. The fourth-order valence-electron chi connectivity index (χ4n) is 2.52. The van der Waals surface area contributed by atoms with Crippen molar-refractivity contribution < 1.29 is 4.52 Å². The van der Waals surface area contributed by atoms with Gasteiger partial charge in [-0.25, -0.2) is 9.97 Å². The number of para-hydroxylation sites is 1. The molecule has 0 saturated heterocycles. The van der Waals surface area contributed by atoms with Gasteiger partial charge in [0, 0.05) is 22.5 Å². The molecule has 8 heteroatoms. The van der Waals surface area contributed by atoms with Crippen LogP contribution >= 0.6 is 34.1 Å². The molecule has 4 rings (SSSR count). The van der Waals surface area contributed by atoms with Crippen molar-refractivity contribution in [2.24, 2.45) is 0 Å². The van der Waals surface area contributed by atoms with Crippen molar-refractivity contribution in [1.29, 1.82) is 0 Å². The first-order valence-corrected chi connectivity index (χ1v) is 8.96. The van der Waals surface area contributed by atoms with Crippen LogP contribution in [-0.4, -0.2) is 20.8 Å². The Morgan fingerprint density at radius 2 is 1.64 bits per heavy atom. The van der Waals surface area contributed by atoms with E-state index in [2.05, 4.69) is 42.8 Å². The van der Waals surface area contributed by atoms with E-state index in [0.717, 1.165) is 38.3 Å². The summed E-state index contributed by atoms with van der Waals surface area (Å²) in [5, 5.41) is 8.21. The largest absolute Gasteiger partial charge is 0.365 e. The highest BCUT2D eigenvalue weighted by atomic mass is 127. The van der Waals surface area contributed by atoms with Gasteiger partial charge in [-0.2, -0.15) is 0 Å². The Bertz CT molecular complexity index is 1020. The van der Waals surface area contributed by atoms with Crippen molar-refractivity contribution in [3.05, 3.63) is 78.7 Å². The minimum Gasteiger partial charge on any atom is -0.365 e. The van der Waals surface area contributed by atoms with E-state index in [1.165, 1.54) is 0 Å². The molecular formula is C20H19BIN4OS-. The van der Waals surface area contributed by atoms with Crippen molar-refractivity contribution in [1.82, 2.24) is 15.1 Å². The van der Waals surface area contributed by atoms with Crippen molar-refractivity contribution in [3.63, 3.8) is 0 Å². The fraction of sp³-hybridized carbons (Fsp3) is 0.0500. The second kappa shape index (κ2) is 10.3. The lowest BCUT2D eigenvalue weighted by Gasteiger charge is -2.07. The lowest BCUT2D eigenvalue weighted by molar-refractivity contribution is 0.384. The van der Waals surface area contributed by atoms with Gasteiger partial charge in [0.15, 0.2) is 5.03 Å². The molecule has 4 aromatic rings. The summed E-state index contributed by atoms with van der Waals surface area (Å²) in [5.41, 5.74) is 3.32. The van der Waals surface area contributed by atoms with Crippen LogP contribution in [0.2, 0.25) is 0 Å². The summed E-state index contributed by atoms with van der Waals surface area (Å²) < 4.78 is 5.43. The molecule has 0 bridgehead atoms. The smallest absolute Gasteiger partial charge is 0.227 e. The molecule has 142 valence electrons. The Labute approximate surface area is 182 Å². The summed E-state index contributed by atoms with van der Waals surface area (Å²) >= 11 is 3.95. The topological polar surface area (TPSA) is 63.8 Å². The van der Waals surface area contributed by atoms with E-state index in [1.807, 2.05) is 73.7 Å². The predicted molar refractivity (Wildman–Crippen MR) is 127 cm³/mol. The van der Waals surface area contributed by atoms with Crippen LogP contribution in [0.5, 0.6) is 0 Å². The quantitative estimate of drug-likeness (QED) is 0.306. The number of nitrogens with zero attached hydrogens (tertiary/aromatic N) is 3. The molecule has 0 aliphatic rings. The normalized spacial score (nSPS) is 10.1. The summed E-state index contributed by atoms with van der Waals surface area (Å²) in [4.78, 5) is 10.0. The molecule has 0 unspecified atom stereocenters. The van der Waals surface area contributed by atoms with Crippen LogP contribution in [0.4, 0.5) is 11.6 Å². The molecule has 28 heavy (non-hydrogen) atoms. The fourth-order valence-corrected chi connectivity index (χ4v) is 3.46. The van der Waals surface area contributed by atoms with Crippen LogP contribution < -0.4 is 5.32 Å². The monoisotopic (exact) mass is 501 g/mol. The summed E-state index contributed by atoms with van der Waals surface area (Å²) in [6.07, 6.45) is 1.73. The van der Waals surface area contributed by atoms with Gasteiger partial charge in [-0.1, -0.05) is 53.3 Å². The Kier molecular flexibility index (Phi) is 7.50. The molecule has 0 atom stereocenters. The first kappa shape index (κ1) is 20.4. The van der Waals surface area contributed by atoms with Gasteiger partial charge in [0.25, 0.3) is 0 Å². The van der Waals surface area contributed by atoms with Crippen LogP contribution in [0.1, 0.15) is 5.76 Å². The zero-order valence-corrected chi connectivity index (χ0v) is 17.4. The first-order chi connectivity index (χ1) is 13.8. The van der Waals surface area contributed by atoms with Crippen LogP contribution in [0, 0.1) is 6.92 Å². The van der Waals surface area contributed by atoms with Gasteiger partial charge in [-0.05, 0) is 37.3 Å². The molecule has 2 aromatic heterocycles. The number of aryl methyl sites for hydroxylation is 1. The van der Waals surface area contributed by atoms with Gasteiger partial charge < -0.3 is 32.2 Å². The molecule has 1 N–H and O–H groups in total. The Balaban J connectivity index is 0.00000109. The highest BCUT2D eigenvalue weighted by molar-refractivity contribution is 14.1. The Hall–Kier alpha value is -2.33. The SMILES string of the molecule is Cc1onc(Sc2ccccc2)c1-c1ccnc(Nc2ccccc2)n1.[BH3-]I. The van der Waals surface area contributed by atoms with Crippen LogP contribution in [0.3, 0.4) is 0 Å². The Morgan fingerprint density at radius 3 is 2.36 bits per heavy atom. The van der Waals surface area contributed by atoms with Crippen LogP contribution in [-0.2, 0) is 0 Å². The van der Waals surface area contributed by atoms with E-state index in [0.29, 0.717) is 5.95 Å². The van der Waals surface area contributed by atoms with E-state index in [9.17, 15) is 0 Å². The third-order valence-corrected chi connectivity index (χ3v) is 4.71. The van der Waals surface area contributed by atoms with Crippen molar-refractivity contribution in [3.8, 4) is 11.3 Å². The van der Waals surface area contributed by atoms with Crippen LogP contribution in [0.25, 0.3) is 11.3 Å². The molecule has 0 fully saturated rings. The van der Waals surface area contributed by atoms with Crippen molar-refractivity contribution in [2.45, 2.75) is 16.8 Å². The van der Waals surface area contributed by atoms with Gasteiger partial charge in [0.05, 0.1) is 11.3 Å². The number of benzene rings is 2. The summed E-state index contributed by atoms with van der Waals surface area (Å²) in [7, 11) is 0. The second-order valence-corrected chi connectivity index (χ2v) is 6.65. The predicted octanol–water partition coefficient (Wildman–Crippen LogP) is 5.04. The molecular weight excluding hydrogens is 482 g/mol. The number of anilines is 2. The van der Waals surface area contributed by atoms with Gasteiger partial charge in [0.1, 0.15) is 5.76 Å². The lowest BCUT2D eigenvalue weighted by Crippen LogP contribution is -1.98. The number of aromatic nitrogens is 3. The van der Waals surface area contributed by atoms with Crippen molar-refractivity contribution in [2.75, 3.05) is 5.32 Å². The van der Waals surface area contributed by atoms with Gasteiger partial charge in [-0.3, -0.25) is 0 Å². The lowest BCUT2D eigenvalue weighted by atomic mass is 10.2. The average molecular weight is 501 g/mol. The second-order valence-electron chi connectivity index (χ2n) is 5.59. The standard InChI is InChI=1S/C20H16N4OS.BH3I/c1-14-18(19(24-25-14)26-16-10-6-3-7-11-16)17-12-13-21-20(23-17)22-15-8-4-2-5-9-15;1-2/h2-13H,1H3,(H,21,22,23);1H3/q;-1. The maximum absolute atomic E-state index is 5.43. The highest BCUT2D eigenvalue weighted by Crippen LogP contribution is 2.36. The molecule has 0 aliphatic heterocycles. The van der Waals surface area contributed by atoms with Crippen molar-refractivity contribution >= 4 is 51.5 Å². The minimum absolute atomic E-state index is 0.532. The third kappa shape index (κ3) is 5.14. The summed E-state index contributed by atoms with van der Waals surface area (Å²) in [6, 6.07) is 21.8. The molecule has 0 radical (unpaired) electrons. The van der Waals surface area contributed by atoms with E-state index in [4.69, 9.17) is 4.52 Å². The Morgan fingerprint density at radius 1 is 0.964 bits per heavy atom. The summed E-state index contributed by atoms with van der Waals surface area (Å²) in [5.74, 6) is 1.26. The number of hydrogen-bond acceptors (Lipinski definition) is 6. The van der Waals surface area contributed by atoms with Crippen LogP contribution in [0.15, 0.2) is 87.4 Å². The zero-order valence-electron chi connectivity index (χ0n) is 14.5. The zero-order chi connectivity index (χ0) is 19.8. The average Bonchev–Trinajstić information content (AvgIpc) is 3.11. The highest BCUT2D eigenvalue weighted by Gasteiger charge is 2.18. The molecule has 2 aromatic carbocycles.